The van der Waals surface area contributed by atoms with E-state index in [9.17, 15) is 4.79 Å². The van der Waals surface area contributed by atoms with E-state index in [4.69, 9.17) is 9.52 Å². The highest BCUT2D eigenvalue weighted by molar-refractivity contribution is 7.13. The van der Waals surface area contributed by atoms with Crippen LogP contribution < -0.4 is 5.32 Å². The molecule has 0 fully saturated rings. The molecule has 1 amide bonds. The van der Waals surface area contributed by atoms with Gasteiger partial charge in [0, 0.05) is 24.1 Å². The van der Waals surface area contributed by atoms with E-state index in [1.165, 1.54) is 11.3 Å². The molecular weight excluding hydrogens is 276 g/mol. The van der Waals surface area contributed by atoms with Gasteiger partial charge in [0.1, 0.15) is 17.0 Å². The molecular formula is C14H18N2O3S. The molecule has 2 aromatic rings. The van der Waals surface area contributed by atoms with Gasteiger partial charge in [-0.2, -0.15) is 0 Å². The molecule has 0 aliphatic heterocycles. The average Bonchev–Trinajstić information content (AvgIpc) is 3.06. The summed E-state index contributed by atoms with van der Waals surface area (Å²) in [7, 11) is 0. The van der Waals surface area contributed by atoms with Gasteiger partial charge in [-0.1, -0.05) is 13.8 Å². The minimum atomic E-state index is -0.193. The number of nitrogens with zero attached hydrogens (tertiary/aromatic N) is 1. The van der Waals surface area contributed by atoms with Crippen LogP contribution in [0.15, 0.2) is 28.4 Å². The van der Waals surface area contributed by atoms with Gasteiger partial charge in [0.2, 0.25) is 0 Å². The summed E-state index contributed by atoms with van der Waals surface area (Å²) in [6.45, 7) is 4.62. The minimum absolute atomic E-state index is 0.115. The number of carbonyl (C=O) groups excluding carboxylic acids is 1. The van der Waals surface area contributed by atoms with Crippen LogP contribution in [-0.2, 0) is 0 Å². The molecule has 0 aliphatic rings. The molecule has 0 saturated heterocycles. The van der Waals surface area contributed by atoms with E-state index in [2.05, 4.69) is 10.3 Å². The summed E-state index contributed by atoms with van der Waals surface area (Å²) >= 11 is 1.41. The number of hydrogen-bond donors (Lipinski definition) is 2. The van der Waals surface area contributed by atoms with Crippen LogP contribution in [0.5, 0.6) is 0 Å². The molecule has 2 rings (SSSR count). The van der Waals surface area contributed by atoms with Gasteiger partial charge in [-0.3, -0.25) is 4.79 Å². The maximum absolute atomic E-state index is 12.0. The maximum atomic E-state index is 12.0. The van der Waals surface area contributed by atoms with Crippen molar-refractivity contribution in [3.8, 4) is 10.6 Å². The van der Waals surface area contributed by atoms with Gasteiger partial charge in [-0.05, 0) is 17.9 Å². The Hall–Kier alpha value is -1.66. The fraction of sp³-hybridized carbons (Fsp3) is 0.429. The largest absolute Gasteiger partial charge is 0.472 e. The molecule has 2 N–H and O–H groups in total. The number of aromatic nitrogens is 1. The van der Waals surface area contributed by atoms with Gasteiger partial charge < -0.3 is 14.8 Å². The third-order valence-corrected chi connectivity index (χ3v) is 3.91. The first kappa shape index (κ1) is 14.7. The number of amides is 1. The Morgan fingerprint density at radius 3 is 3.00 bits per heavy atom. The highest BCUT2D eigenvalue weighted by Crippen LogP contribution is 2.24. The zero-order chi connectivity index (χ0) is 14.6. The topological polar surface area (TPSA) is 75.4 Å². The predicted molar refractivity (Wildman–Crippen MR) is 77.6 cm³/mol. The third-order valence-electron chi connectivity index (χ3n) is 3.02. The lowest BCUT2D eigenvalue weighted by Gasteiger charge is -2.23. The molecule has 0 radical (unpaired) electrons. The van der Waals surface area contributed by atoms with Crippen LogP contribution in [0.2, 0.25) is 0 Å². The van der Waals surface area contributed by atoms with Crippen LogP contribution in [-0.4, -0.2) is 29.1 Å². The van der Waals surface area contributed by atoms with Crippen LogP contribution in [0, 0.1) is 5.41 Å². The Balaban J connectivity index is 1.97. The highest BCUT2D eigenvalue weighted by Gasteiger charge is 2.19. The smallest absolute Gasteiger partial charge is 0.270 e. The Kier molecular flexibility index (Phi) is 4.57. The normalized spacial score (nSPS) is 11.6. The number of nitrogens with one attached hydrogen (secondary N) is 1. The molecule has 0 spiro atoms. The summed E-state index contributed by atoms with van der Waals surface area (Å²) in [5.74, 6) is -0.193. The zero-order valence-electron chi connectivity index (χ0n) is 11.5. The minimum Gasteiger partial charge on any atom is -0.472 e. The summed E-state index contributed by atoms with van der Waals surface area (Å²) in [5.41, 5.74) is 1.15. The van der Waals surface area contributed by atoms with Crippen molar-refractivity contribution in [2.45, 2.75) is 20.3 Å². The Bertz CT molecular complexity index is 561. The van der Waals surface area contributed by atoms with E-state index < -0.39 is 0 Å². The van der Waals surface area contributed by atoms with Gasteiger partial charge >= 0.3 is 0 Å². The van der Waals surface area contributed by atoms with Crippen molar-refractivity contribution in [1.29, 1.82) is 0 Å². The number of thiazole rings is 1. The van der Waals surface area contributed by atoms with Crippen LogP contribution in [0.3, 0.4) is 0 Å². The predicted octanol–water partition coefficient (Wildman–Crippen LogP) is 2.54. The molecule has 0 unspecified atom stereocenters. The SMILES string of the molecule is CC(C)(CCO)CNC(=O)c1csc(-c2ccoc2)n1. The lowest BCUT2D eigenvalue weighted by molar-refractivity contribution is 0.0924. The Morgan fingerprint density at radius 1 is 1.55 bits per heavy atom. The van der Waals surface area contributed by atoms with Gasteiger partial charge in [-0.15, -0.1) is 11.3 Å². The molecule has 0 saturated carbocycles. The van der Waals surface area contributed by atoms with Gasteiger partial charge in [0.05, 0.1) is 6.26 Å². The summed E-state index contributed by atoms with van der Waals surface area (Å²) in [5, 5.41) is 14.3. The summed E-state index contributed by atoms with van der Waals surface area (Å²) < 4.78 is 5.00. The molecule has 0 bridgehead atoms. The lowest BCUT2D eigenvalue weighted by Crippen LogP contribution is -2.34. The fourth-order valence-electron chi connectivity index (χ4n) is 1.70. The van der Waals surface area contributed by atoms with E-state index in [0.717, 1.165) is 10.6 Å². The lowest BCUT2D eigenvalue weighted by atomic mass is 9.90. The molecule has 2 heterocycles. The van der Waals surface area contributed by atoms with Gasteiger partial charge in [-0.25, -0.2) is 4.98 Å². The standard InChI is InChI=1S/C14H18N2O3S/c1-14(2,4-5-17)9-15-12(18)11-8-20-13(16-11)10-3-6-19-7-10/h3,6-8,17H,4-5,9H2,1-2H3,(H,15,18). The van der Waals surface area contributed by atoms with Crippen molar-refractivity contribution >= 4 is 17.2 Å². The molecule has 0 atom stereocenters. The molecule has 20 heavy (non-hydrogen) atoms. The fourth-order valence-corrected chi connectivity index (χ4v) is 2.48. The number of aliphatic hydroxyl groups excluding tert-OH is 1. The third kappa shape index (κ3) is 3.68. The summed E-state index contributed by atoms with van der Waals surface area (Å²) in [6.07, 6.45) is 3.82. The number of carbonyl (C=O) groups is 1. The van der Waals surface area contributed by atoms with Gasteiger partial charge in [0.15, 0.2) is 0 Å². The number of furan rings is 1. The second-order valence-electron chi connectivity index (χ2n) is 5.37. The van der Waals surface area contributed by atoms with Crippen LogP contribution in [0.1, 0.15) is 30.8 Å². The number of hydrogen-bond acceptors (Lipinski definition) is 5. The van der Waals surface area contributed by atoms with Crippen molar-refractivity contribution in [1.82, 2.24) is 10.3 Å². The molecule has 6 heteroatoms. The molecule has 5 nitrogen and oxygen atoms in total. The molecule has 2 aromatic heterocycles. The first-order valence-corrected chi connectivity index (χ1v) is 7.27. The van der Waals surface area contributed by atoms with Gasteiger partial charge in [0.25, 0.3) is 5.91 Å². The second kappa shape index (κ2) is 6.19. The van der Waals surface area contributed by atoms with Crippen molar-refractivity contribution in [2.24, 2.45) is 5.41 Å². The highest BCUT2D eigenvalue weighted by atomic mass is 32.1. The molecule has 0 aliphatic carbocycles. The molecule has 108 valence electrons. The van der Waals surface area contributed by atoms with E-state index in [1.54, 1.807) is 17.9 Å². The quantitative estimate of drug-likeness (QED) is 0.858. The Morgan fingerprint density at radius 2 is 2.35 bits per heavy atom. The van der Waals surface area contributed by atoms with E-state index in [-0.39, 0.29) is 17.9 Å². The van der Waals surface area contributed by atoms with Crippen LogP contribution >= 0.6 is 11.3 Å². The second-order valence-corrected chi connectivity index (χ2v) is 6.23. The van der Waals surface area contributed by atoms with E-state index in [0.29, 0.717) is 18.7 Å². The van der Waals surface area contributed by atoms with Crippen LogP contribution in [0.25, 0.3) is 10.6 Å². The summed E-state index contributed by atoms with van der Waals surface area (Å²) in [4.78, 5) is 16.3. The van der Waals surface area contributed by atoms with E-state index >= 15 is 0 Å². The summed E-state index contributed by atoms with van der Waals surface area (Å²) in [6, 6.07) is 1.81. The van der Waals surface area contributed by atoms with Crippen molar-refractivity contribution < 1.29 is 14.3 Å². The first-order valence-electron chi connectivity index (χ1n) is 6.39. The average molecular weight is 294 g/mol. The molecule has 0 aromatic carbocycles. The zero-order valence-corrected chi connectivity index (χ0v) is 12.4. The number of aliphatic hydroxyl groups is 1. The van der Waals surface area contributed by atoms with E-state index in [1.807, 2.05) is 19.9 Å². The Labute approximate surface area is 121 Å². The van der Waals surface area contributed by atoms with Crippen molar-refractivity contribution in [3.63, 3.8) is 0 Å². The number of rotatable bonds is 6. The first-order chi connectivity index (χ1) is 9.52. The van der Waals surface area contributed by atoms with Crippen LogP contribution in [0.4, 0.5) is 0 Å². The van der Waals surface area contributed by atoms with Crippen molar-refractivity contribution in [2.75, 3.05) is 13.2 Å². The monoisotopic (exact) mass is 294 g/mol. The maximum Gasteiger partial charge on any atom is 0.270 e. The van der Waals surface area contributed by atoms with Crippen molar-refractivity contribution in [3.05, 3.63) is 29.7 Å².